The van der Waals surface area contributed by atoms with Gasteiger partial charge in [-0.3, -0.25) is 4.21 Å². The summed E-state index contributed by atoms with van der Waals surface area (Å²) in [5.41, 5.74) is 0. The molecule has 0 aromatic rings. The smallest absolute Gasteiger partial charge is 0.0527 e. The molecule has 2 rings (SSSR count). The molecule has 82 valence electrons. The average Bonchev–Trinajstić information content (AvgIpc) is 1.99. The van der Waals surface area contributed by atoms with E-state index in [9.17, 15) is 4.21 Å². The van der Waals surface area contributed by atoms with E-state index < -0.39 is 10.8 Å². The van der Waals surface area contributed by atoms with Gasteiger partial charge in [0.25, 0.3) is 0 Å². The highest BCUT2D eigenvalue weighted by Crippen LogP contribution is 2.34. The van der Waals surface area contributed by atoms with Crippen molar-refractivity contribution >= 4 is 10.8 Å². The molecule has 2 nitrogen and oxygen atoms in total. The molecule has 0 aromatic heterocycles. The fourth-order valence-electron chi connectivity index (χ4n) is 3.21. The second-order valence-electron chi connectivity index (χ2n) is 5.24. The Kier molecular flexibility index (Phi) is 2.98. The van der Waals surface area contributed by atoms with Crippen molar-refractivity contribution in [3.8, 4) is 0 Å². The molecule has 0 bridgehead atoms. The topological polar surface area (TPSA) is 29.1 Å². The zero-order chi connectivity index (χ0) is 10.3. The van der Waals surface area contributed by atoms with Crippen molar-refractivity contribution in [1.29, 1.82) is 0 Å². The Bertz CT molecular complexity index is 241. The number of hydrogen-bond donors (Lipinski definition) is 1. The predicted molar refractivity (Wildman–Crippen MR) is 60.7 cm³/mol. The first kappa shape index (κ1) is 10.6. The molecule has 2 fully saturated rings. The highest BCUT2D eigenvalue weighted by atomic mass is 32.2. The van der Waals surface area contributed by atoms with Crippen molar-refractivity contribution in [2.45, 2.75) is 50.9 Å². The molecule has 0 aromatic carbocycles. The summed E-state index contributed by atoms with van der Waals surface area (Å²) >= 11 is 0. The minimum atomic E-state index is -0.594. The van der Waals surface area contributed by atoms with E-state index in [1.807, 2.05) is 0 Å². The van der Waals surface area contributed by atoms with Crippen molar-refractivity contribution < 1.29 is 4.21 Å². The van der Waals surface area contributed by atoms with Crippen LogP contribution >= 0.6 is 0 Å². The first-order valence-corrected chi connectivity index (χ1v) is 7.09. The fourth-order valence-corrected chi connectivity index (χ4v) is 5.20. The second-order valence-corrected chi connectivity index (χ2v) is 6.88. The van der Waals surface area contributed by atoms with Gasteiger partial charge >= 0.3 is 0 Å². The van der Waals surface area contributed by atoms with E-state index in [4.69, 9.17) is 0 Å². The van der Waals surface area contributed by atoms with Gasteiger partial charge in [0.2, 0.25) is 0 Å². The molecule has 2 aliphatic rings. The minimum Gasteiger partial charge on any atom is -0.309 e. The Morgan fingerprint density at radius 3 is 2.64 bits per heavy atom. The Labute approximate surface area is 89.3 Å². The molecule has 1 saturated carbocycles. The average molecular weight is 215 g/mol. The molecule has 6 atom stereocenters. The second kappa shape index (κ2) is 3.93. The molecule has 1 saturated heterocycles. The zero-order valence-corrected chi connectivity index (χ0v) is 10.1. The first-order valence-electron chi connectivity index (χ1n) is 5.71. The minimum absolute atomic E-state index is 0.419. The maximum absolute atomic E-state index is 12.0. The van der Waals surface area contributed by atoms with Crippen LogP contribution in [0.15, 0.2) is 0 Å². The van der Waals surface area contributed by atoms with Gasteiger partial charge in [0.1, 0.15) is 0 Å². The third kappa shape index (κ3) is 1.89. The lowest BCUT2D eigenvalue weighted by molar-refractivity contribution is 0.229. The predicted octanol–water partition coefficient (Wildman–Crippen LogP) is 1.53. The Hall–Kier alpha value is 0.110. The molecule has 0 spiro atoms. The molecule has 3 heteroatoms. The summed E-state index contributed by atoms with van der Waals surface area (Å²) < 4.78 is 12.0. The lowest BCUT2D eigenvalue weighted by Crippen LogP contribution is -2.58. The largest absolute Gasteiger partial charge is 0.309 e. The fraction of sp³-hybridized carbons (Fsp3) is 1.00. The summed E-state index contributed by atoms with van der Waals surface area (Å²) in [5, 5.41) is 4.04. The standard InChI is InChI=1S/C11H21NOS/c1-7-4-8(2)11-10(5-7)12-9(3)6-14(11)13/h7-12H,4-6H2,1-3H3. The van der Waals surface area contributed by atoms with Crippen molar-refractivity contribution in [2.24, 2.45) is 11.8 Å². The van der Waals surface area contributed by atoms with Crippen molar-refractivity contribution in [2.75, 3.05) is 5.75 Å². The van der Waals surface area contributed by atoms with Gasteiger partial charge < -0.3 is 5.32 Å². The first-order chi connectivity index (χ1) is 6.58. The van der Waals surface area contributed by atoms with Crippen molar-refractivity contribution in [3.05, 3.63) is 0 Å². The summed E-state index contributed by atoms with van der Waals surface area (Å²) in [6.45, 7) is 6.73. The summed E-state index contributed by atoms with van der Waals surface area (Å²) in [6, 6.07) is 0.952. The number of nitrogens with one attached hydrogen (secondary N) is 1. The molecular formula is C11H21NOS. The molecule has 14 heavy (non-hydrogen) atoms. The SMILES string of the molecule is CC1CC(C)C2C(C1)NC(C)CS2=O. The van der Waals surface area contributed by atoms with Gasteiger partial charge in [-0.05, 0) is 31.6 Å². The molecule has 1 aliphatic carbocycles. The summed E-state index contributed by atoms with van der Waals surface area (Å²) in [7, 11) is -0.594. The van der Waals surface area contributed by atoms with Gasteiger partial charge in [-0.2, -0.15) is 0 Å². The molecule has 1 N–H and O–H groups in total. The summed E-state index contributed by atoms with van der Waals surface area (Å²) in [6.07, 6.45) is 2.47. The summed E-state index contributed by atoms with van der Waals surface area (Å²) in [4.78, 5) is 0. The van der Waals surface area contributed by atoms with Gasteiger partial charge in [-0.1, -0.05) is 13.8 Å². The van der Waals surface area contributed by atoms with Crippen LogP contribution in [0.1, 0.15) is 33.6 Å². The third-order valence-electron chi connectivity index (χ3n) is 3.60. The Morgan fingerprint density at radius 1 is 1.21 bits per heavy atom. The van der Waals surface area contributed by atoms with Crippen LogP contribution in [0.5, 0.6) is 0 Å². The maximum Gasteiger partial charge on any atom is 0.0527 e. The van der Waals surface area contributed by atoms with Crippen LogP contribution in [0.25, 0.3) is 0 Å². The van der Waals surface area contributed by atoms with Crippen LogP contribution in [0.2, 0.25) is 0 Å². The van der Waals surface area contributed by atoms with Crippen LogP contribution < -0.4 is 5.32 Å². The van der Waals surface area contributed by atoms with Gasteiger partial charge in [0.05, 0.1) is 5.25 Å². The molecule has 1 heterocycles. The van der Waals surface area contributed by atoms with Gasteiger partial charge in [-0.15, -0.1) is 0 Å². The Balaban J connectivity index is 2.14. The van der Waals surface area contributed by atoms with Gasteiger partial charge in [0.15, 0.2) is 0 Å². The number of rotatable bonds is 0. The van der Waals surface area contributed by atoms with E-state index in [0.717, 1.165) is 11.7 Å². The highest BCUT2D eigenvalue weighted by Gasteiger charge is 2.41. The maximum atomic E-state index is 12.0. The summed E-state index contributed by atoms with van der Waals surface area (Å²) in [5.74, 6) is 2.27. The van der Waals surface area contributed by atoms with E-state index in [0.29, 0.717) is 23.3 Å². The molecule has 0 amide bonds. The number of fused-ring (bicyclic) bond motifs is 1. The normalized spacial score (nSPS) is 53.9. The van der Waals surface area contributed by atoms with E-state index in [-0.39, 0.29) is 0 Å². The third-order valence-corrected chi connectivity index (χ3v) is 5.83. The molecule has 6 unspecified atom stereocenters. The van der Waals surface area contributed by atoms with E-state index in [1.165, 1.54) is 12.8 Å². The lowest BCUT2D eigenvalue weighted by atomic mass is 9.79. The van der Waals surface area contributed by atoms with Crippen molar-refractivity contribution in [1.82, 2.24) is 5.32 Å². The van der Waals surface area contributed by atoms with Crippen LogP contribution in [0.4, 0.5) is 0 Å². The van der Waals surface area contributed by atoms with Gasteiger partial charge in [-0.25, -0.2) is 0 Å². The van der Waals surface area contributed by atoms with Crippen LogP contribution in [0.3, 0.4) is 0 Å². The molecule has 1 aliphatic heterocycles. The van der Waals surface area contributed by atoms with Crippen LogP contribution in [-0.4, -0.2) is 27.3 Å². The monoisotopic (exact) mass is 215 g/mol. The molecular weight excluding hydrogens is 194 g/mol. The van der Waals surface area contributed by atoms with E-state index in [2.05, 4.69) is 26.1 Å². The zero-order valence-electron chi connectivity index (χ0n) is 9.32. The van der Waals surface area contributed by atoms with E-state index in [1.54, 1.807) is 0 Å². The van der Waals surface area contributed by atoms with Crippen LogP contribution in [-0.2, 0) is 10.8 Å². The highest BCUT2D eigenvalue weighted by molar-refractivity contribution is 7.85. The lowest BCUT2D eigenvalue weighted by Gasteiger charge is -2.44. The Morgan fingerprint density at radius 2 is 1.93 bits per heavy atom. The van der Waals surface area contributed by atoms with Crippen LogP contribution in [0, 0.1) is 11.8 Å². The quantitative estimate of drug-likeness (QED) is 0.664. The van der Waals surface area contributed by atoms with Crippen molar-refractivity contribution in [3.63, 3.8) is 0 Å². The van der Waals surface area contributed by atoms with E-state index >= 15 is 0 Å². The molecule has 0 radical (unpaired) electrons. The number of hydrogen-bond acceptors (Lipinski definition) is 2. The van der Waals surface area contributed by atoms with Gasteiger partial charge in [0, 0.05) is 28.6 Å².